The fourth-order valence-corrected chi connectivity index (χ4v) is 3.39. The molecule has 0 saturated carbocycles. The van der Waals surface area contributed by atoms with Gasteiger partial charge in [0.25, 0.3) is 5.91 Å². The molecule has 2 atom stereocenters. The smallest absolute Gasteiger partial charge is 0.257 e. The van der Waals surface area contributed by atoms with Gasteiger partial charge in [0.05, 0.1) is 37.6 Å². The van der Waals surface area contributed by atoms with Gasteiger partial charge in [0.15, 0.2) is 0 Å². The molecule has 2 unspecified atom stereocenters. The van der Waals surface area contributed by atoms with Crippen molar-refractivity contribution >= 4 is 5.91 Å². The van der Waals surface area contributed by atoms with Crippen molar-refractivity contribution in [2.75, 3.05) is 26.8 Å². The van der Waals surface area contributed by atoms with E-state index < -0.39 is 0 Å². The summed E-state index contributed by atoms with van der Waals surface area (Å²) in [6, 6.07) is 1.72. The maximum Gasteiger partial charge on any atom is 0.257 e. The molecule has 1 amide bonds. The van der Waals surface area contributed by atoms with Crippen molar-refractivity contribution in [2.45, 2.75) is 31.8 Å². The first-order chi connectivity index (χ1) is 10.2. The van der Waals surface area contributed by atoms with E-state index in [1.54, 1.807) is 25.6 Å². The maximum absolute atomic E-state index is 12.7. The molecule has 1 aromatic rings. The van der Waals surface area contributed by atoms with Crippen LogP contribution < -0.4 is 4.74 Å². The largest absolute Gasteiger partial charge is 0.494 e. The second kappa shape index (κ2) is 5.64. The van der Waals surface area contributed by atoms with Crippen LogP contribution >= 0.6 is 0 Å². The normalized spacial score (nSPS) is 28.3. The van der Waals surface area contributed by atoms with Crippen LogP contribution in [0.25, 0.3) is 0 Å². The number of nitrogens with zero attached hydrogens (tertiary/aromatic N) is 2. The molecule has 21 heavy (non-hydrogen) atoms. The van der Waals surface area contributed by atoms with E-state index >= 15 is 0 Å². The lowest BCUT2D eigenvalue weighted by Gasteiger charge is -2.23. The van der Waals surface area contributed by atoms with Crippen LogP contribution in [-0.2, 0) is 4.74 Å². The summed E-state index contributed by atoms with van der Waals surface area (Å²) in [6.07, 6.45) is 6.36. The Kier molecular flexibility index (Phi) is 3.85. The van der Waals surface area contributed by atoms with Crippen molar-refractivity contribution in [3.05, 3.63) is 24.0 Å². The Morgan fingerprint density at radius 3 is 3.19 bits per heavy atom. The minimum absolute atomic E-state index is 0.00896. The van der Waals surface area contributed by atoms with E-state index in [0.717, 1.165) is 32.4 Å². The average Bonchev–Trinajstić information content (AvgIpc) is 3.14. The van der Waals surface area contributed by atoms with E-state index in [9.17, 15) is 4.79 Å². The molecule has 2 aliphatic rings. The molecular weight excluding hydrogens is 268 g/mol. The fourth-order valence-electron chi connectivity index (χ4n) is 3.39. The number of ether oxygens (including phenoxy) is 2. The fraction of sp³-hybridized carbons (Fsp3) is 0.625. The zero-order valence-electron chi connectivity index (χ0n) is 12.7. The van der Waals surface area contributed by atoms with Crippen molar-refractivity contribution < 1.29 is 14.3 Å². The van der Waals surface area contributed by atoms with Gasteiger partial charge in [-0.05, 0) is 24.8 Å². The molecule has 114 valence electrons. The number of rotatable bonds is 3. The molecule has 2 fully saturated rings. The highest BCUT2D eigenvalue weighted by atomic mass is 16.5. The van der Waals surface area contributed by atoms with Crippen LogP contribution in [0.3, 0.4) is 0 Å². The molecule has 0 radical (unpaired) electrons. The van der Waals surface area contributed by atoms with Crippen molar-refractivity contribution in [1.29, 1.82) is 0 Å². The van der Waals surface area contributed by atoms with Crippen molar-refractivity contribution in [3.63, 3.8) is 0 Å². The van der Waals surface area contributed by atoms with Gasteiger partial charge in [-0.15, -0.1) is 0 Å². The third-order valence-electron chi connectivity index (χ3n) is 4.70. The van der Waals surface area contributed by atoms with E-state index in [1.807, 2.05) is 4.90 Å². The molecule has 0 N–H and O–H groups in total. The Hall–Kier alpha value is -1.62. The lowest BCUT2D eigenvalue weighted by molar-refractivity contribution is 0.0116. The van der Waals surface area contributed by atoms with E-state index in [-0.39, 0.29) is 11.5 Å². The number of amides is 1. The van der Waals surface area contributed by atoms with Gasteiger partial charge in [0, 0.05) is 12.7 Å². The summed E-state index contributed by atoms with van der Waals surface area (Å²) >= 11 is 0. The molecule has 0 aromatic carbocycles. The first-order valence-electron chi connectivity index (χ1n) is 7.58. The molecule has 0 bridgehead atoms. The Balaban J connectivity index is 1.73. The number of likely N-dealkylation sites (tertiary alicyclic amines) is 1. The van der Waals surface area contributed by atoms with Crippen LogP contribution in [0, 0.1) is 5.92 Å². The number of hydrogen-bond acceptors (Lipinski definition) is 4. The minimum Gasteiger partial charge on any atom is -0.494 e. The quantitative estimate of drug-likeness (QED) is 0.855. The van der Waals surface area contributed by atoms with E-state index in [0.29, 0.717) is 23.8 Å². The van der Waals surface area contributed by atoms with E-state index in [1.165, 1.54) is 0 Å². The number of aromatic nitrogens is 1. The molecule has 5 heteroatoms. The summed E-state index contributed by atoms with van der Waals surface area (Å²) in [4.78, 5) is 18.6. The van der Waals surface area contributed by atoms with Crippen LogP contribution in [-0.4, -0.2) is 48.2 Å². The van der Waals surface area contributed by atoms with Gasteiger partial charge in [-0.1, -0.05) is 13.3 Å². The van der Waals surface area contributed by atoms with E-state index in [2.05, 4.69) is 11.9 Å². The Bertz CT molecular complexity index is 534. The monoisotopic (exact) mass is 290 g/mol. The minimum atomic E-state index is -0.114. The summed E-state index contributed by atoms with van der Waals surface area (Å²) in [5.41, 5.74) is 0.464. The summed E-state index contributed by atoms with van der Waals surface area (Å²) in [5, 5.41) is 0. The first kappa shape index (κ1) is 14.3. The second-order valence-corrected chi connectivity index (χ2v) is 6.03. The number of carbonyl (C=O) groups is 1. The van der Waals surface area contributed by atoms with Crippen LogP contribution in [0.2, 0.25) is 0 Å². The molecule has 3 rings (SSSR count). The second-order valence-electron chi connectivity index (χ2n) is 6.03. The summed E-state index contributed by atoms with van der Waals surface area (Å²) < 4.78 is 11.3. The zero-order chi connectivity index (χ0) is 14.9. The van der Waals surface area contributed by atoms with Crippen molar-refractivity contribution in [1.82, 2.24) is 9.88 Å². The highest BCUT2D eigenvalue weighted by molar-refractivity contribution is 5.97. The Morgan fingerprint density at radius 2 is 2.48 bits per heavy atom. The molecule has 1 spiro atoms. The lowest BCUT2D eigenvalue weighted by atomic mass is 9.92. The number of hydrogen-bond donors (Lipinski definition) is 0. The van der Waals surface area contributed by atoms with Gasteiger partial charge in [0.1, 0.15) is 5.75 Å². The predicted molar refractivity (Wildman–Crippen MR) is 78.4 cm³/mol. The van der Waals surface area contributed by atoms with Crippen LogP contribution in [0.15, 0.2) is 18.5 Å². The summed E-state index contributed by atoms with van der Waals surface area (Å²) in [5.74, 6) is 1.17. The molecule has 3 heterocycles. The van der Waals surface area contributed by atoms with Crippen LogP contribution in [0.4, 0.5) is 0 Å². The first-order valence-corrected chi connectivity index (χ1v) is 7.58. The lowest BCUT2D eigenvalue weighted by Crippen LogP contribution is -2.36. The summed E-state index contributed by atoms with van der Waals surface area (Å²) in [6.45, 7) is 4.47. The molecule has 0 aliphatic carbocycles. The Labute approximate surface area is 125 Å². The number of carbonyl (C=O) groups excluding carboxylic acids is 1. The van der Waals surface area contributed by atoms with Gasteiger partial charge >= 0.3 is 0 Å². The third-order valence-corrected chi connectivity index (χ3v) is 4.70. The topological polar surface area (TPSA) is 51.7 Å². The maximum atomic E-state index is 12.7. The van der Waals surface area contributed by atoms with Crippen molar-refractivity contribution in [3.8, 4) is 5.75 Å². The molecule has 1 aromatic heterocycles. The van der Waals surface area contributed by atoms with Gasteiger partial charge in [0.2, 0.25) is 0 Å². The Morgan fingerprint density at radius 1 is 1.62 bits per heavy atom. The zero-order valence-corrected chi connectivity index (χ0v) is 12.7. The van der Waals surface area contributed by atoms with Gasteiger partial charge in [-0.25, -0.2) is 0 Å². The predicted octanol–water partition coefficient (Wildman–Crippen LogP) is 2.12. The number of pyridine rings is 1. The SMILES string of the molecule is CCC1COC2(CCN(C(=O)c3ccncc3OC)C2)C1. The van der Waals surface area contributed by atoms with Gasteiger partial charge in [-0.3, -0.25) is 9.78 Å². The molecule has 2 aliphatic heterocycles. The number of methoxy groups -OCH3 is 1. The highest BCUT2D eigenvalue weighted by Gasteiger charge is 2.46. The molecular formula is C16H22N2O3. The molecule has 5 nitrogen and oxygen atoms in total. The molecule has 2 saturated heterocycles. The standard InChI is InChI=1S/C16H22N2O3/c1-3-12-8-16(21-10-12)5-7-18(11-16)15(19)13-4-6-17-9-14(13)20-2/h4,6,9,12H,3,5,7-8,10-11H2,1-2H3. The average molecular weight is 290 g/mol. The van der Waals surface area contributed by atoms with E-state index in [4.69, 9.17) is 9.47 Å². The summed E-state index contributed by atoms with van der Waals surface area (Å²) in [7, 11) is 1.56. The van der Waals surface area contributed by atoms with Crippen molar-refractivity contribution in [2.24, 2.45) is 5.92 Å². The van der Waals surface area contributed by atoms with Gasteiger partial charge in [-0.2, -0.15) is 0 Å². The third kappa shape index (κ3) is 2.62. The van der Waals surface area contributed by atoms with Crippen LogP contribution in [0.1, 0.15) is 36.5 Å². The van der Waals surface area contributed by atoms with Crippen LogP contribution in [0.5, 0.6) is 5.75 Å². The van der Waals surface area contributed by atoms with Gasteiger partial charge < -0.3 is 14.4 Å². The highest BCUT2D eigenvalue weighted by Crippen LogP contribution is 2.39.